The van der Waals surface area contributed by atoms with E-state index >= 15 is 0 Å². The molecular formula is C15H27N. The molecule has 0 bridgehead atoms. The lowest BCUT2D eigenvalue weighted by Crippen LogP contribution is -2.26. The van der Waals surface area contributed by atoms with Gasteiger partial charge in [0.05, 0.1) is 0 Å². The molecule has 1 aromatic carbocycles. The number of nitrogens with zero attached hydrogens (tertiary/aromatic N) is 1. The zero-order valence-corrected chi connectivity index (χ0v) is 11.7. The summed E-state index contributed by atoms with van der Waals surface area (Å²) in [6, 6.07) is 9.38. The molecule has 92 valence electrons. The number of aryl methyl sites for hydroxylation is 1. The summed E-state index contributed by atoms with van der Waals surface area (Å²) in [5.41, 5.74) is 2.75. The van der Waals surface area contributed by atoms with Gasteiger partial charge in [-0.05, 0) is 32.5 Å². The van der Waals surface area contributed by atoms with Gasteiger partial charge in [-0.3, -0.25) is 4.90 Å². The lowest BCUT2D eigenvalue weighted by molar-refractivity contribution is 0.234. The van der Waals surface area contributed by atoms with Gasteiger partial charge in [-0.15, -0.1) is 0 Å². The summed E-state index contributed by atoms with van der Waals surface area (Å²) in [4.78, 5) is 2.46. The first kappa shape index (κ1) is 15.2. The quantitative estimate of drug-likeness (QED) is 0.727. The van der Waals surface area contributed by atoms with Gasteiger partial charge in [0.2, 0.25) is 0 Å². The van der Waals surface area contributed by atoms with Crippen molar-refractivity contribution in [1.29, 1.82) is 0 Å². The topological polar surface area (TPSA) is 3.24 Å². The van der Waals surface area contributed by atoms with Gasteiger partial charge in [-0.2, -0.15) is 0 Å². The molecule has 0 radical (unpaired) electrons. The molecule has 0 saturated carbocycles. The average molecular weight is 221 g/mol. The Morgan fingerprint density at radius 2 is 1.44 bits per heavy atom. The van der Waals surface area contributed by atoms with Crippen LogP contribution in [-0.4, -0.2) is 18.0 Å². The maximum absolute atomic E-state index is 2.46. The van der Waals surface area contributed by atoms with Crippen LogP contribution < -0.4 is 0 Å². The van der Waals surface area contributed by atoms with E-state index in [1.165, 1.54) is 11.1 Å². The second-order valence-electron chi connectivity index (χ2n) is 3.81. The highest BCUT2D eigenvalue weighted by Gasteiger charge is 2.11. The fourth-order valence-corrected chi connectivity index (χ4v) is 1.83. The minimum absolute atomic E-state index is 0.533. The Labute approximate surface area is 101 Å². The van der Waals surface area contributed by atoms with E-state index in [0.29, 0.717) is 6.04 Å². The van der Waals surface area contributed by atoms with Crippen LogP contribution in [-0.2, 0) is 0 Å². The van der Waals surface area contributed by atoms with Crippen molar-refractivity contribution in [3.63, 3.8) is 0 Å². The van der Waals surface area contributed by atoms with E-state index in [-0.39, 0.29) is 0 Å². The van der Waals surface area contributed by atoms with Crippen LogP contribution in [0, 0.1) is 6.92 Å². The van der Waals surface area contributed by atoms with Crippen molar-refractivity contribution in [1.82, 2.24) is 4.90 Å². The van der Waals surface area contributed by atoms with Crippen LogP contribution in [0.25, 0.3) is 0 Å². The minimum Gasteiger partial charge on any atom is -0.297 e. The summed E-state index contributed by atoms with van der Waals surface area (Å²) in [6.07, 6.45) is 0. The van der Waals surface area contributed by atoms with Crippen LogP contribution in [0.2, 0.25) is 0 Å². The summed E-state index contributed by atoms with van der Waals surface area (Å²) in [5, 5.41) is 0. The third-order valence-corrected chi connectivity index (χ3v) is 2.92. The van der Waals surface area contributed by atoms with Crippen molar-refractivity contribution >= 4 is 0 Å². The summed E-state index contributed by atoms with van der Waals surface area (Å²) >= 11 is 0. The SMILES string of the molecule is CC.CCN(CC)C(C)c1ccc(C)cc1. The molecule has 0 heterocycles. The van der Waals surface area contributed by atoms with Gasteiger partial charge < -0.3 is 0 Å². The molecule has 0 N–H and O–H groups in total. The highest BCUT2D eigenvalue weighted by molar-refractivity contribution is 5.23. The van der Waals surface area contributed by atoms with Gasteiger partial charge >= 0.3 is 0 Å². The van der Waals surface area contributed by atoms with Crippen molar-refractivity contribution < 1.29 is 0 Å². The van der Waals surface area contributed by atoms with Crippen molar-refractivity contribution in [3.05, 3.63) is 35.4 Å². The standard InChI is InChI=1S/C13H21N.C2H6/c1-5-14(6-2)12(4)13-9-7-11(3)8-10-13;1-2/h7-10,12H,5-6H2,1-4H3;1-2H3. The maximum atomic E-state index is 2.46. The Balaban J connectivity index is 0.00000106. The molecule has 0 aliphatic rings. The summed E-state index contributed by atoms with van der Waals surface area (Å²) in [7, 11) is 0. The molecule has 0 aromatic heterocycles. The summed E-state index contributed by atoms with van der Waals surface area (Å²) in [5.74, 6) is 0. The van der Waals surface area contributed by atoms with Crippen LogP contribution in [0.4, 0.5) is 0 Å². The first-order valence-electron chi connectivity index (χ1n) is 6.49. The zero-order chi connectivity index (χ0) is 12.6. The normalized spacial score (nSPS) is 11.9. The largest absolute Gasteiger partial charge is 0.297 e. The van der Waals surface area contributed by atoms with Crippen LogP contribution in [0.3, 0.4) is 0 Å². The molecule has 0 spiro atoms. The van der Waals surface area contributed by atoms with E-state index in [1.54, 1.807) is 0 Å². The highest BCUT2D eigenvalue weighted by Crippen LogP contribution is 2.19. The van der Waals surface area contributed by atoms with E-state index in [0.717, 1.165) is 13.1 Å². The zero-order valence-electron chi connectivity index (χ0n) is 11.7. The molecule has 1 unspecified atom stereocenters. The number of hydrogen-bond donors (Lipinski definition) is 0. The monoisotopic (exact) mass is 221 g/mol. The molecule has 0 amide bonds. The van der Waals surface area contributed by atoms with Gasteiger partial charge in [0, 0.05) is 6.04 Å². The van der Waals surface area contributed by atoms with Crippen molar-refractivity contribution in [3.8, 4) is 0 Å². The molecule has 1 aromatic rings. The smallest absolute Gasteiger partial charge is 0.0319 e. The van der Waals surface area contributed by atoms with Crippen LogP contribution in [0.15, 0.2) is 24.3 Å². The van der Waals surface area contributed by atoms with Crippen molar-refractivity contribution in [2.24, 2.45) is 0 Å². The second kappa shape index (κ2) is 8.35. The van der Waals surface area contributed by atoms with Gasteiger partial charge in [-0.25, -0.2) is 0 Å². The molecule has 0 saturated heterocycles. The molecule has 1 nitrogen and oxygen atoms in total. The fourth-order valence-electron chi connectivity index (χ4n) is 1.83. The Morgan fingerprint density at radius 1 is 1.00 bits per heavy atom. The van der Waals surface area contributed by atoms with Gasteiger partial charge in [0.1, 0.15) is 0 Å². The number of rotatable bonds is 4. The number of hydrogen-bond acceptors (Lipinski definition) is 1. The summed E-state index contributed by atoms with van der Waals surface area (Å²) < 4.78 is 0. The molecule has 1 atom stereocenters. The minimum atomic E-state index is 0.533. The molecule has 0 aliphatic heterocycles. The van der Waals surface area contributed by atoms with E-state index in [4.69, 9.17) is 0 Å². The molecule has 16 heavy (non-hydrogen) atoms. The molecule has 1 heteroatoms. The highest BCUT2D eigenvalue weighted by atomic mass is 15.1. The Morgan fingerprint density at radius 3 is 1.81 bits per heavy atom. The third-order valence-electron chi connectivity index (χ3n) is 2.92. The van der Waals surface area contributed by atoms with E-state index in [1.807, 2.05) is 13.8 Å². The predicted octanol–water partition coefficient (Wildman–Crippen LogP) is 4.42. The molecule has 1 rings (SSSR count). The maximum Gasteiger partial charge on any atom is 0.0319 e. The molecular weight excluding hydrogens is 194 g/mol. The lowest BCUT2D eigenvalue weighted by atomic mass is 10.1. The van der Waals surface area contributed by atoms with Gasteiger partial charge in [0.15, 0.2) is 0 Å². The predicted molar refractivity (Wildman–Crippen MR) is 73.9 cm³/mol. The Kier molecular flexibility index (Phi) is 7.92. The molecule has 0 aliphatic carbocycles. The summed E-state index contributed by atoms with van der Waals surface area (Å²) in [6.45, 7) is 15.1. The van der Waals surface area contributed by atoms with E-state index in [2.05, 4.69) is 56.9 Å². The van der Waals surface area contributed by atoms with Crippen LogP contribution in [0.5, 0.6) is 0 Å². The van der Waals surface area contributed by atoms with Crippen molar-refractivity contribution in [2.45, 2.75) is 47.6 Å². The van der Waals surface area contributed by atoms with Crippen LogP contribution >= 0.6 is 0 Å². The first-order chi connectivity index (χ1) is 7.69. The molecule has 0 fully saturated rings. The Hall–Kier alpha value is -0.820. The first-order valence-corrected chi connectivity index (χ1v) is 6.49. The number of benzene rings is 1. The lowest BCUT2D eigenvalue weighted by Gasteiger charge is -2.26. The van der Waals surface area contributed by atoms with Crippen molar-refractivity contribution in [2.75, 3.05) is 13.1 Å². The van der Waals surface area contributed by atoms with Gasteiger partial charge in [0.25, 0.3) is 0 Å². The van der Waals surface area contributed by atoms with Gasteiger partial charge in [-0.1, -0.05) is 57.5 Å². The second-order valence-corrected chi connectivity index (χ2v) is 3.81. The van der Waals surface area contributed by atoms with E-state index < -0.39 is 0 Å². The average Bonchev–Trinajstić information content (AvgIpc) is 2.34. The Bertz CT molecular complexity index is 259. The van der Waals surface area contributed by atoms with Crippen LogP contribution in [0.1, 0.15) is 51.8 Å². The third kappa shape index (κ3) is 4.36. The van der Waals surface area contributed by atoms with E-state index in [9.17, 15) is 0 Å². The fraction of sp³-hybridized carbons (Fsp3) is 0.600.